The molecule has 4 atom stereocenters. The van der Waals surface area contributed by atoms with Crippen LogP contribution in [0.15, 0.2) is 0 Å². The summed E-state index contributed by atoms with van der Waals surface area (Å²) in [7, 11) is 0. The molecule has 1 fully saturated rings. The molecule has 0 bridgehead atoms. The maximum absolute atomic E-state index is 11.3. The molecule has 0 aromatic rings. The van der Waals surface area contributed by atoms with E-state index in [9.17, 15) is 19.2 Å². The second-order valence-corrected chi connectivity index (χ2v) is 4.99. The highest BCUT2D eigenvalue weighted by atomic mass is 16.6. The lowest BCUT2D eigenvalue weighted by Gasteiger charge is -2.40. The maximum atomic E-state index is 11.3. The Morgan fingerprint density at radius 3 is 2.00 bits per heavy atom. The predicted octanol–water partition coefficient (Wildman–Crippen LogP) is -0.522. The molecule has 0 saturated carbocycles. The van der Waals surface area contributed by atoms with Crippen LogP contribution >= 0.6 is 0 Å². The van der Waals surface area contributed by atoms with Crippen molar-refractivity contribution in [1.29, 1.82) is 0 Å². The summed E-state index contributed by atoms with van der Waals surface area (Å²) in [6.07, 6.45) is -2.91. The first kappa shape index (κ1) is 18.9. The Labute approximate surface area is 133 Å². The highest BCUT2D eigenvalue weighted by molar-refractivity contribution is 5.74. The topological polar surface area (TPSA) is 117 Å². The van der Waals surface area contributed by atoms with Crippen LogP contribution in [-0.4, -0.2) is 54.8 Å². The molecular weight excluding hydrogens is 310 g/mol. The Bertz CT molecular complexity index is 477. The molecule has 129 valence electrons. The van der Waals surface area contributed by atoms with E-state index >= 15 is 0 Å². The third kappa shape index (κ3) is 6.23. The summed E-state index contributed by atoms with van der Waals surface area (Å²) in [5.74, 6) is -2.17. The van der Waals surface area contributed by atoms with Crippen LogP contribution in [0.4, 0.5) is 0 Å². The van der Waals surface area contributed by atoms with Gasteiger partial charge in [0.05, 0.1) is 6.04 Å². The normalized spacial score (nSPS) is 26.8. The second kappa shape index (κ2) is 8.47. The first-order valence-electron chi connectivity index (χ1n) is 6.94. The van der Waals surface area contributed by atoms with Gasteiger partial charge in [-0.2, -0.15) is 0 Å². The van der Waals surface area contributed by atoms with Gasteiger partial charge < -0.3 is 24.3 Å². The molecule has 1 amide bonds. The molecule has 1 heterocycles. The van der Waals surface area contributed by atoms with Crippen molar-refractivity contribution in [1.82, 2.24) is 5.32 Å². The van der Waals surface area contributed by atoms with Gasteiger partial charge in [0, 0.05) is 27.7 Å². The summed E-state index contributed by atoms with van der Waals surface area (Å²) in [4.78, 5) is 44.9. The molecule has 9 nitrogen and oxygen atoms in total. The molecule has 0 spiro atoms. The van der Waals surface area contributed by atoms with E-state index in [4.69, 9.17) is 18.9 Å². The second-order valence-electron chi connectivity index (χ2n) is 4.99. The number of amides is 1. The molecule has 0 aliphatic carbocycles. The highest BCUT2D eigenvalue weighted by Crippen LogP contribution is 2.25. The summed E-state index contributed by atoms with van der Waals surface area (Å²) in [5, 5.41) is 2.53. The lowest BCUT2D eigenvalue weighted by molar-refractivity contribution is -0.197. The van der Waals surface area contributed by atoms with Gasteiger partial charge in [-0.05, 0) is 0 Å². The number of hydrogen-bond acceptors (Lipinski definition) is 8. The van der Waals surface area contributed by atoms with E-state index in [2.05, 4.69) is 5.32 Å². The van der Waals surface area contributed by atoms with Crippen molar-refractivity contribution in [3.8, 4) is 0 Å². The van der Waals surface area contributed by atoms with E-state index in [1.807, 2.05) is 0 Å². The zero-order chi connectivity index (χ0) is 17.6. The SMILES string of the molecule is CC(=O)N[C@H]1[CH]O[C@H](COC(C)=O)[C@H](OC(C)=O)[C@@H]1OC(C)=O. The summed E-state index contributed by atoms with van der Waals surface area (Å²) < 4.78 is 20.6. The molecular formula is C14H20NO8. The molecule has 1 aliphatic heterocycles. The minimum absolute atomic E-state index is 0.200. The molecule has 23 heavy (non-hydrogen) atoms. The minimum atomic E-state index is -1.04. The Morgan fingerprint density at radius 1 is 0.957 bits per heavy atom. The number of rotatable bonds is 5. The Balaban J connectivity index is 2.98. The van der Waals surface area contributed by atoms with Crippen LogP contribution in [0.2, 0.25) is 0 Å². The molecule has 0 aromatic heterocycles. The van der Waals surface area contributed by atoms with Gasteiger partial charge in [0.2, 0.25) is 5.91 Å². The molecule has 1 radical (unpaired) electrons. The fourth-order valence-electron chi connectivity index (χ4n) is 2.11. The van der Waals surface area contributed by atoms with Crippen molar-refractivity contribution in [3.05, 3.63) is 6.61 Å². The number of nitrogens with one attached hydrogen (secondary N) is 1. The fraction of sp³-hybridized carbons (Fsp3) is 0.643. The van der Waals surface area contributed by atoms with E-state index < -0.39 is 42.3 Å². The van der Waals surface area contributed by atoms with Crippen molar-refractivity contribution < 1.29 is 38.1 Å². The van der Waals surface area contributed by atoms with Gasteiger partial charge in [-0.1, -0.05) is 0 Å². The molecule has 1 aliphatic rings. The van der Waals surface area contributed by atoms with Crippen molar-refractivity contribution in [2.75, 3.05) is 6.61 Å². The lowest BCUT2D eigenvalue weighted by atomic mass is 9.97. The van der Waals surface area contributed by atoms with E-state index in [-0.39, 0.29) is 12.5 Å². The lowest BCUT2D eigenvalue weighted by Crippen LogP contribution is -2.60. The Hall–Kier alpha value is -2.16. The third-order valence-corrected chi connectivity index (χ3v) is 2.87. The summed E-state index contributed by atoms with van der Waals surface area (Å²) in [6.45, 7) is 5.92. The summed E-state index contributed by atoms with van der Waals surface area (Å²) in [5.41, 5.74) is 0. The third-order valence-electron chi connectivity index (χ3n) is 2.87. The van der Waals surface area contributed by atoms with Gasteiger partial charge in [-0.25, -0.2) is 0 Å². The molecule has 9 heteroatoms. The average Bonchev–Trinajstić information content (AvgIpc) is 2.39. The first-order chi connectivity index (χ1) is 10.7. The largest absolute Gasteiger partial charge is 0.463 e. The highest BCUT2D eigenvalue weighted by Gasteiger charge is 2.46. The first-order valence-corrected chi connectivity index (χ1v) is 6.94. The standard InChI is InChI=1S/C14H20NO8/c1-7(16)15-11-5-21-12(6-20-8(2)17)14(23-10(4)19)13(11)22-9(3)18/h5,11-14H,6H2,1-4H3,(H,15,16)/t11-,12+,13+,14-/m0/s1. The van der Waals surface area contributed by atoms with Crippen molar-refractivity contribution in [2.24, 2.45) is 0 Å². The fourth-order valence-corrected chi connectivity index (χ4v) is 2.11. The smallest absolute Gasteiger partial charge is 0.303 e. The number of esters is 3. The minimum Gasteiger partial charge on any atom is -0.463 e. The van der Waals surface area contributed by atoms with E-state index in [0.29, 0.717) is 0 Å². The van der Waals surface area contributed by atoms with Crippen LogP contribution in [0, 0.1) is 6.61 Å². The van der Waals surface area contributed by atoms with Crippen LogP contribution in [0.5, 0.6) is 0 Å². The average molecular weight is 330 g/mol. The van der Waals surface area contributed by atoms with Crippen molar-refractivity contribution in [2.45, 2.75) is 52.0 Å². The number of carbonyl (C=O) groups is 4. The van der Waals surface area contributed by atoms with Crippen LogP contribution < -0.4 is 5.32 Å². The summed E-state index contributed by atoms with van der Waals surface area (Å²) in [6, 6.07) is -0.811. The van der Waals surface area contributed by atoms with Crippen molar-refractivity contribution >= 4 is 23.8 Å². The van der Waals surface area contributed by atoms with Gasteiger partial charge in [0.1, 0.15) is 19.3 Å². The van der Waals surface area contributed by atoms with E-state index in [0.717, 1.165) is 0 Å². The zero-order valence-electron chi connectivity index (χ0n) is 13.4. The van der Waals surface area contributed by atoms with Crippen LogP contribution in [0.1, 0.15) is 27.7 Å². The van der Waals surface area contributed by atoms with E-state index in [1.54, 1.807) is 0 Å². The van der Waals surface area contributed by atoms with Gasteiger partial charge in [0.25, 0.3) is 0 Å². The van der Waals surface area contributed by atoms with E-state index in [1.165, 1.54) is 34.3 Å². The van der Waals surface area contributed by atoms with Gasteiger partial charge >= 0.3 is 17.9 Å². The molecule has 1 N–H and O–H groups in total. The number of carbonyl (C=O) groups excluding carboxylic acids is 4. The summed E-state index contributed by atoms with van der Waals surface area (Å²) >= 11 is 0. The van der Waals surface area contributed by atoms with Crippen molar-refractivity contribution in [3.63, 3.8) is 0 Å². The predicted molar refractivity (Wildman–Crippen MR) is 74.5 cm³/mol. The quantitative estimate of drug-likeness (QED) is 0.528. The molecule has 1 saturated heterocycles. The molecule has 1 rings (SSSR count). The number of ether oxygens (including phenoxy) is 4. The maximum Gasteiger partial charge on any atom is 0.303 e. The monoisotopic (exact) mass is 330 g/mol. The molecule has 0 aromatic carbocycles. The Morgan fingerprint density at radius 2 is 1.52 bits per heavy atom. The Kier molecular flexibility index (Phi) is 6.95. The van der Waals surface area contributed by atoms with Crippen LogP contribution in [-0.2, 0) is 38.1 Å². The number of hydrogen-bond donors (Lipinski definition) is 1. The zero-order valence-corrected chi connectivity index (χ0v) is 13.4. The van der Waals surface area contributed by atoms with Gasteiger partial charge in [0.15, 0.2) is 12.2 Å². The molecule has 0 unspecified atom stereocenters. The van der Waals surface area contributed by atoms with Crippen LogP contribution in [0.25, 0.3) is 0 Å². The van der Waals surface area contributed by atoms with Gasteiger partial charge in [-0.15, -0.1) is 0 Å². The van der Waals surface area contributed by atoms with Crippen LogP contribution in [0.3, 0.4) is 0 Å². The van der Waals surface area contributed by atoms with Gasteiger partial charge in [-0.3, -0.25) is 19.2 Å².